The van der Waals surface area contributed by atoms with Crippen LogP contribution in [0, 0.1) is 0 Å². The molecule has 0 saturated carbocycles. The van der Waals surface area contributed by atoms with Gasteiger partial charge in [0.1, 0.15) is 0 Å². The average Bonchev–Trinajstić information content (AvgIpc) is 2.74. The third kappa shape index (κ3) is 2.59. The van der Waals surface area contributed by atoms with E-state index in [4.69, 9.17) is 33.4 Å². The SMILES string of the molecule is NC(Cc1ccoc1)c1ccc(Cl)c(Cl)c1. The van der Waals surface area contributed by atoms with Crippen molar-refractivity contribution >= 4 is 23.2 Å². The molecule has 1 heterocycles. The Morgan fingerprint density at radius 3 is 2.62 bits per heavy atom. The van der Waals surface area contributed by atoms with Crippen molar-refractivity contribution in [2.45, 2.75) is 12.5 Å². The van der Waals surface area contributed by atoms with Crippen LogP contribution < -0.4 is 5.73 Å². The van der Waals surface area contributed by atoms with Crippen LogP contribution in [0.4, 0.5) is 0 Å². The molecule has 0 aliphatic rings. The summed E-state index contributed by atoms with van der Waals surface area (Å²) >= 11 is 11.8. The monoisotopic (exact) mass is 255 g/mol. The second kappa shape index (κ2) is 4.91. The number of furan rings is 1. The van der Waals surface area contributed by atoms with Gasteiger partial charge in [-0.3, -0.25) is 0 Å². The van der Waals surface area contributed by atoms with E-state index in [0.717, 1.165) is 11.1 Å². The van der Waals surface area contributed by atoms with Crippen LogP contribution >= 0.6 is 23.2 Å². The maximum absolute atomic E-state index is 6.06. The zero-order valence-corrected chi connectivity index (χ0v) is 10.0. The van der Waals surface area contributed by atoms with Crippen molar-refractivity contribution in [1.29, 1.82) is 0 Å². The van der Waals surface area contributed by atoms with Crippen LogP contribution in [0.1, 0.15) is 17.2 Å². The van der Waals surface area contributed by atoms with Gasteiger partial charge in [0.2, 0.25) is 0 Å². The Balaban J connectivity index is 2.14. The van der Waals surface area contributed by atoms with Crippen LogP contribution in [0.3, 0.4) is 0 Å². The summed E-state index contributed by atoms with van der Waals surface area (Å²) in [5, 5.41) is 1.07. The van der Waals surface area contributed by atoms with Crippen LogP contribution in [-0.2, 0) is 6.42 Å². The molecule has 0 spiro atoms. The van der Waals surface area contributed by atoms with Gasteiger partial charge in [-0.2, -0.15) is 0 Å². The smallest absolute Gasteiger partial charge is 0.0935 e. The number of hydrogen-bond acceptors (Lipinski definition) is 2. The topological polar surface area (TPSA) is 39.2 Å². The van der Waals surface area contributed by atoms with E-state index < -0.39 is 0 Å². The highest BCUT2D eigenvalue weighted by atomic mass is 35.5. The Morgan fingerprint density at radius 1 is 1.19 bits per heavy atom. The summed E-state index contributed by atoms with van der Waals surface area (Å²) in [5.41, 5.74) is 8.10. The van der Waals surface area contributed by atoms with E-state index >= 15 is 0 Å². The number of hydrogen-bond donors (Lipinski definition) is 1. The molecule has 16 heavy (non-hydrogen) atoms. The molecule has 2 aromatic rings. The lowest BCUT2D eigenvalue weighted by Crippen LogP contribution is -2.12. The lowest BCUT2D eigenvalue weighted by molar-refractivity contribution is 0.561. The molecule has 2 nitrogen and oxygen atoms in total. The van der Waals surface area contributed by atoms with Gasteiger partial charge in [0.15, 0.2) is 0 Å². The molecule has 4 heteroatoms. The van der Waals surface area contributed by atoms with Crippen LogP contribution in [0.5, 0.6) is 0 Å². The van der Waals surface area contributed by atoms with Gasteiger partial charge >= 0.3 is 0 Å². The molecule has 0 amide bonds. The van der Waals surface area contributed by atoms with Crippen LogP contribution in [0.25, 0.3) is 0 Å². The fourth-order valence-electron chi connectivity index (χ4n) is 1.52. The van der Waals surface area contributed by atoms with Crippen molar-refractivity contribution in [3.05, 3.63) is 58.0 Å². The fraction of sp³-hybridized carbons (Fsp3) is 0.167. The molecule has 0 saturated heterocycles. The summed E-state index contributed by atoms with van der Waals surface area (Å²) in [6.45, 7) is 0. The van der Waals surface area contributed by atoms with Crippen molar-refractivity contribution in [3.63, 3.8) is 0 Å². The van der Waals surface area contributed by atoms with Gasteiger partial charge in [0, 0.05) is 6.04 Å². The van der Waals surface area contributed by atoms with Gasteiger partial charge < -0.3 is 10.2 Å². The van der Waals surface area contributed by atoms with Crippen LogP contribution in [0.2, 0.25) is 10.0 Å². The molecule has 84 valence electrons. The molecule has 1 aromatic heterocycles. The minimum absolute atomic E-state index is 0.104. The molecule has 0 fully saturated rings. The first-order valence-electron chi connectivity index (χ1n) is 4.88. The second-order valence-electron chi connectivity index (χ2n) is 3.62. The minimum atomic E-state index is -0.104. The Morgan fingerprint density at radius 2 is 2.00 bits per heavy atom. The highest BCUT2D eigenvalue weighted by Gasteiger charge is 2.09. The van der Waals surface area contributed by atoms with E-state index in [-0.39, 0.29) is 6.04 Å². The lowest BCUT2D eigenvalue weighted by Gasteiger charge is -2.11. The molecule has 2 N–H and O–H groups in total. The van der Waals surface area contributed by atoms with Crippen molar-refractivity contribution in [1.82, 2.24) is 0 Å². The van der Waals surface area contributed by atoms with Gasteiger partial charge in [-0.1, -0.05) is 29.3 Å². The predicted octanol–water partition coefficient (Wildman–Crippen LogP) is 3.83. The van der Waals surface area contributed by atoms with Gasteiger partial charge in [0.25, 0.3) is 0 Å². The zero-order valence-electron chi connectivity index (χ0n) is 8.49. The molecule has 1 aromatic carbocycles. The first-order chi connectivity index (χ1) is 7.66. The standard InChI is InChI=1S/C12H11Cl2NO/c13-10-2-1-9(6-11(10)14)12(15)5-8-3-4-16-7-8/h1-4,6-7,12H,5,15H2. The van der Waals surface area contributed by atoms with Crippen molar-refractivity contribution in [2.75, 3.05) is 0 Å². The molecule has 0 radical (unpaired) electrons. The predicted molar refractivity (Wildman–Crippen MR) is 65.8 cm³/mol. The van der Waals surface area contributed by atoms with E-state index in [1.165, 1.54) is 0 Å². The number of benzene rings is 1. The maximum atomic E-state index is 6.06. The lowest BCUT2D eigenvalue weighted by atomic mass is 10.0. The Labute approximate surface area is 104 Å². The summed E-state index contributed by atoms with van der Waals surface area (Å²) in [6, 6.07) is 7.24. The summed E-state index contributed by atoms with van der Waals surface area (Å²) < 4.78 is 4.99. The molecule has 1 atom stereocenters. The van der Waals surface area contributed by atoms with E-state index in [1.54, 1.807) is 24.7 Å². The summed E-state index contributed by atoms with van der Waals surface area (Å²) in [5.74, 6) is 0. The molecular weight excluding hydrogens is 245 g/mol. The van der Waals surface area contributed by atoms with Crippen LogP contribution in [-0.4, -0.2) is 0 Å². The van der Waals surface area contributed by atoms with E-state index in [2.05, 4.69) is 0 Å². The first kappa shape index (κ1) is 11.5. The average molecular weight is 256 g/mol. The number of halogens is 2. The van der Waals surface area contributed by atoms with Crippen molar-refractivity contribution in [3.8, 4) is 0 Å². The molecule has 0 bridgehead atoms. The molecule has 0 aliphatic heterocycles. The third-order valence-corrected chi connectivity index (χ3v) is 3.15. The second-order valence-corrected chi connectivity index (χ2v) is 4.43. The van der Waals surface area contributed by atoms with Gasteiger partial charge in [-0.05, 0) is 35.7 Å². The highest BCUT2D eigenvalue weighted by Crippen LogP contribution is 2.26. The summed E-state index contributed by atoms with van der Waals surface area (Å²) in [7, 11) is 0. The Kier molecular flexibility index (Phi) is 3.54. The largest absolute Gasteiger partial charge is 0.472 e. The summed E-state index contributed by atoms with van der Waals surface area (Å²) in [6.07, 6.45) is 4.04. The van der Waals surface area contributed by atoms with E-state index in [1.807, 2.05) is 12.1 Å². The van der Waals surface area contributed by atoms with Crippen LogP contribution in [0.15, 0.2) is 41.2 Å². The van der Waals surface area contributed by atoms with Gasteiger partial charge in [-0.15, -0.1) is 0 Å². The maximum Gasteiger partial charge on any atom is 0.0935 e. The molecule has 0 aliphatic carbocycles. The van der Waals surface area contributed by atoms with Crippen molar-refractivity contribution < 1.29 is 4.42 Å². The highest BCUT2D eigenvalue weighted by molar-refractivity contribution is 6.42. The third-order valence-electron chi connectivity index (χ3n) is 2.41. The zero-order chi connectivity index (χ0) is 11.5. The quantitative estimate of drug-likeness (QED) is 0.906. The number of nitrogens with two attached hydrogens (primary N) is 1. The summed E-state index contributed by atoms with van der Waals surface area (Å²) in [4.78, 5) is 0. The first-order valence-corrected chi connectivity index (χ1v) is 5.64. The molecule has 1 unspecified atom stereocenters. The fourth-order valence-corrected chi connectivity index (χ4v) is 1.83. The molecular formula is C12H11Cl2NO. The van der Waals surface area contributed by atoms with Gasteiger partial charge in [0.05, 0.1) is 22.6 Å². The Bertz CT molecular complexity index is 468. The van der Waals surface area contributed by atoms with E-state index in [0.29, 0.717) is 16.5 Å². The van der Waals surface area contributed by atoms with Gasteiger partial charge in [-0.25, -0.2) is 0 Å². The molecule has 2 rings (SSSR count). The normalized spacial score (nSPS) is 12.7. The Hall–Kier alpha value is -0.960. The van der Waals surface area contributed by atoms with Crippen molar-refractivity contribution in [2.24, 2.45) is 5.73 Å². The number of rotatable bonds is 3. The minimum Gasteiger partial charge on any atom is -0.472 e. The van der Waals surface area contributed by atoms with E-state index in [9.17, 15) is 0 Å².